The Morgan fingerprint density at radius 1 is 1.32 bits per heavy atom. The quantitative estimate of drug-likeness (QED) is 0.734. The Morgan fingerprint density at radius 3 is 2.32 bits per heavy atom. The molecular formula is C16H25NO2. The van der Waals surface area contributed by atoms with E-state index in [-0.39, 0.29) is 28.4 Å². The molecule has 19 heavy (non-hydrogen) atoms. The van der Waals surface area contributed by atoms with Crippen LogP contribution >= 0.6 is 0 Å². The predicted octanol–water partition coefficient (Wildman–Crippen LogP) is 2.81. The molecule has 3 heteroatoms. The largest absolute Gasteiger partial charge is 0.340 e. The van der Waals surface area contributed by atoms with E-state index in [1.165, 1.54) is 0 Å². The van der Waals surface area contributed by atoms with Crippen molar-refractivity contribution in [2.24, 2.45) is 16.7 Å². The molecule has 0 spiro atoms. The van der Waals surface area contributed by atoms with Crippen LogP contribution in [0.5, 0.6) is 0 Å². The zero-order valence-corrected chi connectivity index (χ0v) is 12.7. The van der Waals surface area contributed by atoms with Crippen molar-refractivity contribution in [3.05, 3.63) is 11.6 Å². The Bertz CT molecular complexity index is 446. The van der Waals surface area contributed by atoms with Crippen molar-refractivity contribution in [1.82, 2.24) is 4.90 Å². The van der Waals surface area contributed by atoms with Gasteiger partial charge in [-0.2, -0.15) is 0 Å². The molecule has 0 aromatic rings. The molecule has 3 nitrogen and oxygen atoms in total. The number of rotatable bonds is 3. The fourth-order valence-corrected chi connectivity index (χ4v) is 3.85. The topological polar surface area (TPSA) is 37.4 Å². The second kappa shape index (κ2) is 4.46. The van der Waals surface area contributed by atoms with Gasteiger partial charge in [0.15, 0.2) is 5.78 Å². The number of carbonyl (C=O) groups is 2. The average molecular weight is 263 g/mol. The number of allylic oxidation sites excluding steroid dienone is 1. The van der Waals surface area contributed by atoms with Crippen LogP contribution in [0.2, 0.25) is 0 Å². The Balaban J connectivity index is 2.33. The summed E-state index contributed by atoms with van der Waals surface area (Å²) in [6, 6.07) is 0. The Hall–Kier alpha value is -1.12. The van der Waals surface area contributed by atoms with Crippen molar-refractivity contribution >= 4 is 11.7 Å². The molecule has 0 radical (unpaired) electrons. The van der Waals surface area contributed by atoms with Gasteiger partial charge in [0.1, 0.15) is 0 Å². The molecule has 0 saturated heterocycles. The predicted molar refractivity (Wildman–Crippen MR) is 75.6 cm³/mol. The van der Waals surface area contributed by atoms with Crippen molar-refractivity contribution in [3.63, 3.8) is 0 Å². The van der Waals surface area contributed by atoms with E-state index in [9.17, 15) is 9.59 Å². The number of Topliss-reactive ketones (excluding diaryl/α,β-unsaturated/α-hetero) is 1. The van der Waals surface area contributed by atoms with Gasteiger partial charge < -0.3 is 4.90 Å². The van der Waals surface area contributed by atoms with Crippen molar-refractivity contribution in [2.45, 2.75) is 47.5 Å². The van der Waals surface area contributed by atoms with Crippen molar-refractivity contribution in [3.8, 4) is 0 Å². The maximum absolute atomic E-state index is 12.6. The van der Waals surface area contributed by atoms with Crippen LogP contribution in [0, 0.1) is 16.7 Å². The highest BCUT2D eigenvalue weighted by atomic mass is 16.2. The molecule has 0 aromatic heterocycles. The van der Waals surface area contributed by atoms with E-state index in [2.05, 4.69) is 20.8 Å². The zero-order chi connectivity index (χ0) is 14.4. The van der Waals surface area contributed by atoms with Gasteiger partial charge >= 0.3 is 0 Å². The number of ketones is 1. The fourth-order valence-electron chi connectivity index (χ4n) is 3.85. The summed E-state index contributed by atoms with van der Waals surface area (Å²) in [5, 5.41) is 0. The van der Waals surface area contributed by atoms with Gasteiger partial charge in [0.25, 0.3) is 0 Å². The molecule has 2 atom stereocenters. The molecule has 1 amide bonds. The minimum absolute atomic E-state index is 0.0136. The second-order valence-electron chi connectivity index (χ2n) is 6.58. The van der Waals surface area contributed by atoms with E-state index >= 15 is 0 Å². The van der Waals surface area contributed by atoms with Gasteiger partial charge in [-0.25, -0.2) is 0 Å². The van der Waals surface area contributed by atoms with Crippen molar-refractivity contribution in [2.75, 3.05) is 13.1 Å². The smallest absolute Gasteiger partial charge is 0.246 e. The molecule has 2 saturated carbocycles. The summed E-state index contributed by atoms with van der Waals surface area (Å²) in [6.45, 7) is 11.7. The second-order valence-corrected chi connectivity index (χ2v) is 6.58. The minimum atomic E-state index is -0.271. The third-order valence-electron chi connectivity index (χ3n) is 5.72. The van der Waals surface area contributed by atoms with Crippen LogP contribution in [0.4, 0.5) is 0 Å². The standard InChI is InChI=1S/C16H25NO2/c1-6-17(7-2)13(18)10-11-12-8-9-16(5,14(11)19)15(12,3)4/h10,12H,6-9H2,1-5H3. The first-order valence-electron chi connectivity index (χ1n) is 7.35. The normalized spacial score (nSPS) is 34.1. The van der Waals surface area contributed by atoms with Crippen LogP contribution in [-0.4, -0.2) is 29.7 Å². The monoisotopic (exact) mass is 263 g/mol. The first-order valence-corrected chi connectivity index (χ1v) is 7.35. The molecule has 0 heterocycles. The van der Waals surface area contributed by atoms with Crippen LogP contribution in [-0.2, 0) is 9.59 Å². The number of fused-ring (bicyclic) bond motifs is 2. The Labute approximate surface area is 116 Å². The molecule has 2 bridgehead atoms. The number of carbonyl (C=O) groups excluding carboxylic acids is 2. The summed E-state index contributed by atoms with van der Waals surface area (Å²) in [5.74, 6) is 0.444. The highest BCUT2D eigenvalue weighted by molar-refractivity contribution is 6.08. The van der Waals surface area contributed by atoms with E-state index in [1.54, 1.807) is 11.0 Å². The lowest BCUT2D eigenvalue weighted by Crippen LogP contribution is -2.33. The summed E-state index contributed by atoms with van der Waals surface area (Å²) in [4.78, 5) is 26.6. The molecule has 2 unspecified atom stereocenters. The average Bonchev–Trinajstić information content (AvgIpc) is 2.65. The lowest BCUT2D eigenvalue weighted by atomic mass is 9.70. The zero-order valence-electron chi connectivity index (χ0n) is 12.7. The summed E-state index contributed by atoms with van der Waals surface area (Å²) in [6.07, 6.45) is 3.61. The number of amides is 1. The van der Waals surface area contributed by atoms with E-state index in [1.807, 2.05) is 13.8 Å². The van der Waals surface area contributed by atoms with Gasteiger partial charge in [-0.1, -0.05) is 20.8 Å². The van der Waals surface area contributed by atoms with E-state index in [0.717, 1.165) is 18.4 Å². The van der Waals surface area contributed by atoms with E-state index in [0.29, 0.717) is 13.1 Å². The number of likely N-dealkylation sites (N-methyl/N-ethyl adjacent to an activating group) is 1. The Kier molecular flexibility index (Phi) is 3.36. The van der Waals surface area contributed by atoms with Gasteiger partial charge in [0, 0.05) is 30.2 Å². The molecule has 106 valence electrons. The van der Waals surface area contributed by atoms with Gasteiger partial charge in [-0.15, -0.1) is 0 Å². The number of nitrogens with zero attached hydrogens (tertiary/aromatic N) is 1. The maximum Gasteiger partial charge on any atom is 0.246 e. The molecule has 2 rings (SSSR count). The first kappa shape index (κ1) is 14.3. The van der Waals surface area contributed by atoms with E-state index < -0.39 is 0 Å². The van der Waals surface area contributed by atoms with Crippen molar-refractivity contribution < 1.29 is 9.59 Å². The molecule has 2 aliphatic rings. The van der Waals surface area contributed by atoms with Gasteiger partial charge in [0.05, 0.1) is 0 Å². The van der Waals surface area contributed by atoms with Gasteiger partial charge in [-0.05, 0) is 38.0 Å². The molecule has 0 N–H and O–H groups in total. The summed E-state index contributed by atoms with van der Waals surface area (Å²) in [5.41, 5.74) is 0.489. The summed E-state index contributed by atoms with van der Waals surface area (Å²) in [7, 11) is 0. The van der Waals surface area contributed by atoms with Crippen LogP contribution in [0.15, 0.2) is 11.6 Å². The molecule has 2 fully saturated rings. The Morgan fingerprint density at radius 2 is 1.89 bits per heavy atom. The van der Waals surface area contributed by atoms with Crippen LogP contribution in [0.25, 0.3) is 0 Å². The molecule has 0 aromatic carbocycles. The van der Waals surface area contributed by atoms with Crippen molar-refractivity contribution in [1.29, 1.82) is 0 Å². The maximum atomic E-state index is 12.6. The molecule has 0 aliphatic heterocycles. The SMILES string of the molecule is CCN(CC)C(=O)C=C1C(=O)C2(C)CCC1C2(C)C. The lowest BCUT2D eigenvalue weighted by molar-refractivity contribution is -0.127. The summed E-state index contributed by atoms with van der Waals surface area (Å²) < 4.78 is 0. The van der Waals surface area contributed by atoms with Crippen LogP contribution in [0.1, 0.15) is 47.5 Å². The fraction of sp³-hybridized carbons (Fsp3) is 0.750. The highest BCUT2D eigenvalue weighted by Gasteiger charge is 2.64. The van der Waals surface area contributed by atoms with Crippen LogP contribution in [0.3, 0.4) is 0 Å². The third-order valence-corrected chi connectivity index (χ3v) is 5.72. The van der Waals surface area contributed by atoms with Crippen LogP contribution < -0.4 is 0 Å². The first-order chi connectivity index (χ1) is 8.79. The highest BCUT2D eigenvalue weighted by Crippen LogP contribution is 2.65. The van der Waals surface area contributed by atoms with Gasteiger partial charge in [-0.3, -0.25) is 9.59 Å². The van der Waals surface area contributed by atoms with E-state index in [4.69, 9.17) is 0 Å². The molecule has 2 aliphatic carbocycles. The lowest BCUT2D eigenvalue weighted by Gasteiger charge is -2.31. The summed E-state index contributed by atoms with van der Waals surface area (Å²) >= 11 is 0. The van der Waals surface area contributed by atoms with Gasteiger partial charge in [0.2, 0.25) is 5.91 Å². The third kappa shape index (κ3) is 1.78. The molecular weight excluding hydrogens is 238 g/mol. The number of hydrogen-bond acceptors (Lipinski definition) is 2. The minimum Gasteiger partial charge on any atom is -0.340 e. The number of hydrogen-bond donors (Lipinski definition) is 0.